The monoisotopic (exact) mass is 281 g/mol. The minimum Gasteiger partial charge on any atom is -0.497 e. The molecule has 0 aliphatic carbocycles. The highest BCUT2D eigenvalue weighted by Crippen LogP contribution is 2.30. The summed E-state index contributed by atoms with van der Waals surface area (Å²) >= 11 is 0. The largest absolute Gasteiger partial charge is 0.497 e. The number of fused-ring (bicyclic) bond motifs is 3. The first-order chi connectivity index (χ1) is 10.3. The van der Waals surface area contributed by atoms with E-state index in [1.807, 2.05) is 6.07 Å². The maximum absolute atomic E-state index is 5.60. The van der Waals surface area contributed by atoms with Crippen molar-refractivity contribution < 1.29 is 9.47 Å². The molecule has 2 aromatic rings. The maximum Gasteiger partial charge on any atom is 0.119 e. The van der Waals surface area contributed by atoms with Crippen LogP contribution in [0, 0.1) is 0 Å². The average molecular weight is 281 g/mol. The second-order valence-corrected chi connectivity index (χ2v) is 5.83. The summed E-state index contributed by atoms with van der Waals surface area (Å²) in [5.74, 6) is 0.906. The zero-order valence-corrected chi connectivity index (χ0v) is 12.1. The fourth-order valence-electron chi connectivity index (χ4n) is 3.29. The number of ether oxygens (including phenoxy) is 2. The second-order valence-electron chi connectivity index (χ2n) is 5.83. The van der Waals surface area contributed by atoms with Gasteiger partial charge in [0.25, 0.3) is 0 Å². The minimum absolute atomic E-state index is 0.360. The highest BCUT2D eigenvalue weighted by molar-refractivity contribution is 5.87. The van der Waals surface area contributed by atoms with Crippen molar-refractivity contribution in [1.82, 2.24) is 5.32 Å². The van der Waals surface area contributed by atoms with Gasteiger partial charge in [-0.1, -0.05) is 24.3 Å². The molecule has 2 bridgehead atoms. The third kappa shape index (κ3) is 2.43. The fourth-order valence-corrected chi connectivity index (χ4v) is 3.29. The van der Waals surface area contributed by atoms with Crippen LogP contribution in [0.4, 0.5) is 0 Å². The smallest absolute Gasteiger partial charge is 0.119 e. The van der Waals surface area contributed by atoms with Gasteiger partial charge in [0, 0.05) is 12.1 Å². The lowest BCUT2D eigenvalue weighted by molar-refractivity contribution is 0.0561. The molecular weight excluding hydrogens is 262 g/mol. The Bertz CT molecular complexity index is 707. The Hall–Kier alpha value is -1.84. The average Bonchev–Trinajstić information content (AvgIpc) is 2.53. The molecule has 2 atom stereocenters. The van der Waals surface area contributed by atoms with E-state index in [1.54, 1.807) is 7.11 Å². The number of morpholine rings is 1. The van der Waals surface area contributed by atoms with E-state index in [2.05, 4.69) is 41.7 Å². The number of rotatable bonds is 2. The summed E-state index contributed by atoms with van der Waals surface area (Å²) in [5, 5.41) is 6.06. The van der Waals surface area contributed by atoms with Crippen LogP contribution in [0.2, 0.25) is 0 Å². The molecular formula is C18H19NO2. The van der Waals surface area contributed by atoms with Crippen LogP contribution in [-0.2, 0) is 4.74 Å². The van der Waals surface area contributed by atoms with Crippen molar-refractivity contribution in [2.75, 3.05) is 20.3 Å². The zero-order chi connectivity index (χ0) is 14.2. The molecule has 2 aromatic carbocycles. The molecule has 2 heterocycles. The predicted octanol–water partition coefficient (Wildman–Crippen LogP) is 2.99. The predicted molar refractivity (Wildman–Crippen MR) is 84.6 cm³/mol. The highest BCUT2D eigenvalue weighted by atomic mass is 16.5. The van der Waals surface area contributed by atoms with Crippen molar-refractivity contribution >= 4 is 16.3 Å². The molecule has 0 amide bonds. The lowest BCUT2D eigenvalue weighted by Gasteiger charge is -2.35. The summed E-state index contributed by atoms with van der Waals surface area (Å²) in [6.45, 7) is 1.60. The molecule has 2 unspecified atom stereocenters. The normalized spacial score (nSPS) is 24.7. The number of benzene rings is 2. The highest BCUT2D eigenvalue weighted by Gasteiger charge is 2.26. The van der Waals surface area contributed by atoms with E-state index < -0.39 is 0 Å². The summed E-state index contributed by atoms with van der Waals surface area (Å²) in [6, 6.07) is 13.7. The van der Waals surface area contributed by atoms with E-state index in [9.17, 15) is 0 Å². The van der Waals surface area contributed by atoms with Crippen LogP contribution in [0.15, 0.2) is 42.5 Å². The minimum atomic E-state index is 0.360. The van der Waals surface area contributed by atoms with E-state index >= 15 is 0 Å². The van der Waals surface area contributed by atoms with Gasteiger partial charge in [0.15, 0.2) is 0 Å². The standard InChI is InChI=1S/C18H19NO2/c1-20-18-5-4-12-6-13(2-3-14(12)9-18)15-7-16-10-21-11-17(8-15)19-16/h2-7,9,16-17,19H,8,10-11H2,1H3. The van der Waals surface area contributed by atoms with Gasteiger partial charge in [-0.2, -0.15) is 0 Å². The molecule has 0 saturated carbocycles. The molecule has 21 heavy (non-hydrogen) atoms. The van der Waals surface area contributed by atoms with Crippen LogP contribution < -0.4 is 10.1 Å². The summed E-state index contributed by atoms with van der Waals surface area (Å²) < 4.78 is 10.9. The van der Waals surface area contributed by atoms with E-state index in [4.69, 9.17) is 9.47 Å². The molecule has 0 spiro atoms. The molecule has 2 aliphatic heterocycles. The van der Waals surface area contributed by atoms with Gasteiger partial charge < -0.3 is 14.8 Å². The number of hydrogen-bond donors (Lipinski definition) is 1. The Morgan fingerprint density at radius 3 is 2.81 bits per heavy atom. The lowest BCUT2D eigenvalue weighted by atomic mass is 9.90. The molecule has 2 aliphatic rings. The maximum atomic E-state index is 5.60. The molecule has 1 N–H and O–H groups in total. The van der Waals surface area contributed by atoms with E-state index in [0.29, 0.717) is 12.1 Å². The van der Waals surface area contributed by atoms with Gasteiger partial charge >= 0.3 is 0 Å². The molecule has 3 heteroatoms. The van der Waals surface area contributed by atoms with Gasteiger partial charge in [-0.15, -0.1) is 0 Å². The van der Waals surface area contributed by atoms with Gasteiger partial charge in [-0.05, 0) is 46.5 Å². The summed E-state index contributed by atoms with van der Waals surface area (Å²) in [4.78, 5) is 0. The van der Waals surface area contributed by atoms with Gasteiger partial charge in [-0.3, -0.25) is 0 Å². The summed E-state index contributed by atoms with van der Waals surface area (Å²) in [6.07, 6.45) is 3.36. The third-order valence-corrected chi connectivity index (χ3v) is 4.35. The van der Waals surface area contributed by atoms with Crippen LogP contribution in [0.1, 0.15) is 12.0 Å². The first-order valence-electron chi connectivity index (χ1n) is 7.44. The Kier molecular flexibility index (Phi) is 3.17. The summed E-state index contributed by atoms with van der Waals surface area (Å²) in [5.41, 5.74) is 2.76. The van der Waals surface area contributed by atoms with Crippen LogP contribution in [-0.4, -0.2) is 32.4 Å². The van der Waals surface area contributed by atoms with E-state index in [-0.39, 0.29) is 0 Å². The van der Waals surface area contributed by atoms with Gasteiger partial charge in [-0.25, -0.2) is 0 Å². The van der Waals surface area contributed by atoms with Crippen molar-refractivity contribution in [3.63, 3.8) is 0 Å². The zero-order valence-electron chi connectivity index (χ0n) is 12.1. The van der Waals surface area contributed by atoms with Gasteiger partial charge in [0.1, 0.15) is 5.75 Å². The van der Waals surface area contributed by atoms with Gasteiger partial charge in [0.05, 0.1) is 20.3 Å². The molecule has 0 radical (unpaired) electrons. The first kappa shape index (κ1) is 12.9. The fraction of sp³-hybridized carbons (Fsp3) is 0.333. The van der Waals surface area contributed by atoms with Crippen LogP contribution >= 0.6 is 0 Å². The van der Waals surface area contributed by atoms with Crippen molar-refractivity contribution in [3.8, 4) is 5.75 Å². The SMILES string of the molecule is COc1ccc2cc(C3=CC4COCC(C3)N4)ccc2c1. The Labute approximate surface area is 124 Å². The second kappa shape index (κ2) is 5.17. The molecule has 1 saturated heterocycles. The Balaban J connectivity index is 1.72. The molecule has 0 aromatic heterocycles. The molecule has 1 fully saturated rings. The van der Waals surface area contributed by atoms with Crippen molar-refractivity contribution in [1.29, 1.82) is 0 Å². The Morgan fingerprint density at radius 2 is 1.95 bits per heavy atom. The van der Waals surface area contributed by atoms with Gasteiger partial charge in [0.2, 0.25) is 0 Å². The number of nitrogens with one attached hydrogen (secondary N) is 1. The van der Waals surface area contributed by atoms with Crippen molar-refractivity contribution in [2.45, 2.75) is 18.5 Å². The van der Waals surface area contributed by atoms with Crippen LogP contribution in [0.25, 0.3) is 16.3 Å². The quantitative estimate of drug-likeness (QED) is 0.918. The number of hydrogen-bond acceptors (Lipinski definition) is 3. The molecule has 108 valence electrons. The molecule has 3 nitrogen and oxygen atoms in total. The van der Waals surface area contributed by atoms with E-state index in [0.717, 1.165) is 25.4 Å². The van der Waals surface area contributed by atoms with E-state index in [1.165, 1.54) is 21.9 Å². The topological polar surface area (TPSA) is 30.5 Å². The third-order valence-electron chi connectivity index (χ3n) is 4.35. The summed E-state index contributed by atoms with van der Waals surface area (Å²) in [7, 11) is 1.70. The van der Waals surface area contributed by atoms with Crippen molar-refractivity contribution in [2.24, 2.45) is 0 Å². The lowest BCUT2D eigenvalue weighted by Crippen LogP contribution is -2.50. The first-order valence-corrected chi connectivity index (χ1v) is 7.44. The van der Waals surface area contributed by atoms with Crippen LogP contribution in [0.3, 0.4) is 0 Å². The van der Waals surface area contributed by atoms with Crippen LogP contribution in [0.5, 0.6) is 5.75 Å². The Morgan fingerprint density at radius 1 is 1.10 bits per heavy atom. The molecule has 4 rings (SSSR count). The van der Waals surface area contributed by atoms with Crippen molar-refractivity contribution in [3.05, 3.63) is 48.0 Å². The number of methoxy groups -OCH3 is 1.